The van der Waals surface area contributed by atoms with Crippen LogP contribution in [0.25, 0.3) is 31.2 Å². The number of carbonyl (C=O) groups excluding carboxylic acids is 2. The molecule has 6 atom stereocenters. The van der Waals surface area contributed by atoms with Crippen LogP contribution in [0.1, 0.15) is 46.5 Å². The van der Waals surface area contributed by atoms with Gasteiger partial charge in [-0.05, 0) is 66.8 Å². The highest BCUT2D eigenvalue weighted by Crippen LogP contribution is 2.38. The Bertz CT molecular complexity index is 4080. The SMILES string of the molecule is [C-]#[N+]CC1CN(c2nc(OC[C@@H]3C[C@@H](F)CN3)nc3c2CCN(c2cccc4ccccc24)C3)CCN1C(=O)OCc1ccccc1.[C-]#[N+]CC1CN(c2nc(OC[C@@H]3C[C@@H](F)CN3C)nc3c2CCN(c2cccc4ccccc24)C3)CCN1C(=O)OCc1ccccc1. The zero-order valence-electron chi connectivity index (χ0n) is 53.4. The fourth-order valence-electron chi connectivity index (χ4n) is 14.0. The lowest BCUT2D eigenvalue weighted by molar-refractivity contribution is 0.0781. The van der Waals surface area contributed by atoms with Gasteiger partial charge in [-0.25, -0.2) is 31.5 Å². The van der Waals surface area contributed by atoms with Crippen LogP contribution in [0, 0.1) is 13.1 Å². The number of nitrogens with one attached hydrogen (secondary N) is 1. The molecular formula is C73H78F2N14O6. The van der Waals surface area contributed by atoms with E-state index in [9.17, 15) is 18.4 Å². The maximum atomic E-state index is 14.1. The number of likely N-dealkylation sites (N-methyl/N-ethyl adjacent to an activating group) is 1. The van der Waals surface area contributed by atoms with Crippen LogP contribution in [0.4, 0.5) is 41.4 Å². The highest BCUT2D eigenvalue weighted by molar-refractivity contribution is 5.95. The van der Waals surface area contributed by atoms with Crippen molar-refractivity contribution in [2.24, 2.45) is 0 Å². The minimum Gasteiger partial charge on any atom is -0.462 e. The number of nitrogens with zero attached hydrogens (tertiary/aromatic N) is 13. The summed E-state index contributed by atoms with van der Waals surface area (Å²) in [5, 5.41) is 7.92. The first kappa shape index (κ1) is 63.8. The van der Waals surface area contributed by atoms with Crippen LogP contribution in [-0.4, -0.2) is 182 Å². The first-order valence-corrected chi connectivity index (χ1v) is 32.9. The number of likely N-dealkylation sites (tertiary alicyclic amines) is 1. The molecule has 490 valence electrons. The molecule has 0 saturated carbocycles. The fraction of sp³-hybridized carbons (Fsp3) is 0.397. The van der Waals surface area contributed by atoms with Crippen LogP contribution >= 0.6 is 0 Å². The van der Waals surface area contributed by atoms with Crippen molar-refractivity contribution < 1.29 is 37.3 Å². The highest BCUT2D eigenvalue weighted by Gasteiger charge is 2.39. The van der Waals surface area contributed by atoms with Gasteiger partial charge < -0.3 is 53.6 Å². The number of hydrogen-bond acceptors (Lipinski definition) is 16. The predicted molar refractivity (Wildman–Crippen MR) is 361 cm³/mol. The van der Waals surface area contributed by atoms with Crippen LogP contribution in [0.5, 0.6) is 12.0 Å². The number of piperazine rings is 2. The molecule has 8 heterocycles. The van der Waals surface area contributed by atoms with Gasteiger partial charge in [-0.1, -0.05) is 133 Å². The Morgan fingerprint density at radius 2 is 1.00 bits per heavy atom. The third kappa shape index (κ3) is 14.9. The number of rotatable bonds is 16. The lowest BCUT2D eigenvalue weighted by atomic mass is 10.0. The lowest BCUT2D eigenvalue weighted by Gasteiger charge is -2.40. The second kappa shape index (κ2) is 29.6. The molecule has 6 aliphatic rings. The van der Waals surface area contributed by atoms with Gasteiger partial charge in [0.05, 0.1) is 24.5 Å². The molecule has 2 amide bonds. The zero-order valence-corrected chi connectivity index (χ0v) is 53.4. The molecule has 0 bridgehead atoms. The van der Waals surface area contributed by atoms with Crippen LogP contribution in [0.3, 0.4) is 0 Å². The molecule has 1 N–H and O–H groups in total. The van der Waals surface area contributed by atoms with E-state index in [0.29, 0.717) is 84.9 Å². The van der Waals surface area contributed by atoms with E-state index in [2.05, 4.69) is 120 Å². The van der Waals surface area contributed by atoms with E-state index in [-0.39, 0.29) is 69.1 Å². The number of amides is 2. The Labute approximate surface area is 552 Å². The summed E-state index contributed by atoms with van der Waals surface area (Å²) in [7, 11) is 1.91. The third-order valence-electron chi connectivity index (χ3n) is 18.9. The lowest BCUT2D eigenvalue weighted by Crippen LogP contribution is -2.57. The Balaban J connectivity index is 0.000000172. The van der Waals surface area contributed by atoms with Gasteiger partial charge >= 0.3 is 24.2 Å². The molecule has 95 heavy (non-hydrogen) atoms. The summed E-state index contributed by atoms with van der Waals surface area (Å²) in [6.07, 6.45) is -0.307. The monoisotopic (exact) mass is 1280 g/mol. The van der Waals surface area contributed by atoms with Crippen molar-refractivity contribution in [3.8, 4) is 12.0 Å². The van der Waals surface area contributed by atoms with Gasteiger partial charge in [0.1, 0.15) is 62.5 Å². The zero-order chi connectivity index (χ0) is 65.2. The van der Waals surface area contributed by atoms with Crippen LogP contribution in [0.2, 0.25) is 0 Å². The minimum atomic E-state index is -0.882. The quantitative estimate of drug-likeness (QED) is 0.0907. The standard InChI is InChI=1S/C37H40FN7O3.C36H38FN7O3/c1-39-20-30-22-44(17-18-45(30)37(46)48-24-26-9-4-3-5-10-26)35-32-15-16-43(34-14-8-12-27-11-6-7-13-31(27)34)23-33(32)40-36(41-35)47-25-29-19-28(38)21-42(29)2;1-38-20-29-21-43(16-17-44(29)36(45)47-23-25-8-3-2-4-9-25)34-31-14-15-42(33-13-7-11-26-10-5-6-12-30(26)33)22-32(31)40-35(41-34)46-24-28-18-27(37)19-39-28/h3-14,28-30H,15-25H2,2H3;2-13,27-29,39H,14-24H2/t28-,29+,30?;27-,28+,29?/m11/s1. The number of aromatic nitrogens is 4. The number of carbonyl (C=O) groups is 2. The third-order valence-corrected chi connectivity index (χ3v) is 18.9. The summed E-state index contributed by atoms with van der Waals surface area (Å²) in [6, 6.07) is 48.3. The van der Waals surface area contributed by atoms with E-state index in [1.807, 2.05) is 72.6 Å². The van der Waals surface area contributed by atoms with Crippen LogP contribution in [-0.2, 0) is 48.6 Å². The van der Waals surface area contributed by atoms with Crippen molar-refractivity contribution in [1.29, 1.82) is 0 Å². The fourth-order valence-corrected chi connectivity index (χ4v) is 14.0. The average molecular weight is 1290 g/mol. The van der Waals surface area contributed by atoms with Crippen LogP contribution < -0.4 is 34.4 Å². The van der Waals surface area contributed by atoms with Gasteiger partial charge in [-0.3, -0.25) is 14.7 Å². The van der Waals surface area contributed by atoms with Crippen molar-refractivity contribution in [3.05, 3.63) is 202 Å². The van der Waals surface area contributed by atoms with Gasteiger partial charge in [0.25, 0.3) is 0 Å². The number of hydrogen-bond donors (Lipinski definition) is 1. The van der Waals surface area contributed by atoms with Gasteiger partial charge in [0, 0.05) is 111 Å². The number of fused-ring (bicyclic) bond motifs is 4. The second-order valence-electron chi connectivity index (χ2n) is 25.2. The smallest absolute Gasteiger partial charge is 0.410 e. The molecule has 4 saturated heterocycles. The Morgan fingerprint density at radius 3 is 1.46 bits per heavy atom. The number of ether oxygens (including phenoxy) is 4. The molecule has 0 spiro atoms. The number of anilines is 4. The van der Waals surface area contributed by atoms with Crippen molar-refractivity contribution in [2.45, 2.75) is 88.5 Å². The van der Waals surface area contributed by atoms with Crippen molar-refractivity contribution in [3.63, 3.8) is 0 Å². The largest absolute Gasteiger partial charge is 0.462 e. The van der Waals surface area contributed by atoms with E-state index in [0.717, 1.165) is 82.6 Å². The van der Waals surface area contributed by atoms with E-state index in [1.54, 1.807) is 9.80 Å². The van der Waals surface area contributed by atoms with Crippen molar-refractivity contribution in [2.75, 3.05) is 118 Å². The average Bonchev–Trinajstić information content (AvgIpc) is 1.17. The maximum absolute atomic E-state index is 14.1. The number of halogens is 2. The summed E-state index contributed by atoms with van der Waals surface area (Å²) in [5.74, 6) is 1.56. The van der Waals surface area contributed by atoms with Gasteiger partial charge in [0.15, 0.2) is 0 Å². The molecule has 2 unspecified atom stereocenters. The summed E-state index contributed by atoms with van der Waals surface area (Å²) in [5.41, 5.74) is 8.02. The molecule has 0 radical (unpaired) electrons. The first-order chi connectivity index (χ1) is 46.5. The Hall–Kier alpha value is -9.90. The van der Waals surface area contributed by atoms with E-state index in [4.69, 9.17) is 52.0 Å². The molecule has 6 aliphatic heterocycles. The maximum Gasteiger partial charge on any atom is 0.410 e. The minimum absolute atomic E-state index is 0.0521. The van der Waals surface area contributed by atoms with Crippen molar-refractivity contribution in [1.82, 2.24) is 40.0 Å². The molecule has 2 aromatic heterocycles. The molecule has 8 aromatic rings. The van der Waals surface area contributed by atoms with Crippen LogP contribution in [0.15, 0.2) is 146 Å². The van der Waals surface area contributed by atoms with E-state index in [1.165, 1.54) is 21.5 Å². The highest BCUT2D eigenvalue weighted by atomic mass is 19.1. The van der Waals surface area contributed by atoms with E-state index >= 15 is 0 Å². The Morgan fingerprint density at radius 1 is 0.526 bits per heavy atom. The van der Waals surface area contributed by atoms with Gasteiger partial charge in [-0.15, -0.1) is 0 Å². The number of benzene rings is 6. The van der Waals surface area contributed by atoms with Crippen molar-refractivity contribution >= 4 is 56.7 Å². The molecule has 4 fully saturated rings. The summed E-state index contributed by atoms with van der Waals surface area (Å²) in [4.78, 5) is 67.8. The van der Waals surface area contributed by atoms with E-state index < -0.39 is 24.5 Å². The summed E-state index contributed by atoms with van der Waals surface area (Å²) >= 11 is 0. The summed E-state index contributed by atoms with van der Waals surface area (Å²) in [6.45, 7) is 22.7. The molecule has 22 heteroatoms. The Kier molecular flexibility index (Phi) is 19.9. The predicted octanol–water partition coefficient (Wildman–Crippen LogP) is 10.4. The number of alkyl halides is 2. The molecule has 6 aromatic carbocycles. The molecule has 20 nitrogen and oxygen atoms in total. The topological polar surface area (TPSA) is 166 Å². The van der Waals surface area contributed by atoms with Gasteiger partial charge in [0.2, 0.25) is 13.1 Å². The second-order valence-corrected chi connectivity index (χ2v) is 25.2. The normalized spacial score (nSPS) is 21.1. The first-order valence-electron chi connectivity index (χ1n) is 32.9. The molecule has 0 aliphatic carbocycles. The summed E-state index contributed by atoms with van der Waals surface area (Å²) < 4.78 is 51.6. The van der Waals surface area contributed by atoms with Gasteiger partial charge in [-0.2, -0.15) is 19.9 Å². The molecular weight excluding hydrogens is 1210 g/mol. The molecule has 14 rings (SSSR count).